The molecule has 1 aromatic rings. The molecule has 4 nitrogen and oxygen atoms in total. The van der Waals surface area contributed by atoms with Gasteiger partial charge in [-0.3, -0.25) is 9.59 Å². The molecule has 1 amide bonds. The molecule has 0 aromatic heterocycles. The Labute approximate surface area is 121 Å². The molecule has 6 heteroatoms. The van der Waals surface area contributed by atoms with Crippen LogP contribution >= 0.6 is 23.2 Å². The van der Waals surface area contributed by atoms with Crippen molar-refractivity contribution >= 4 is 35.1 Å². The number of hydrogen-bond donors (Lipinski definition) is 0. The number of amides is 1. The van der Waals surface area contributed by atoms with E-state index in [4.69, 9.17) is 23.2 Å². The van der Waals surface area contributed by atoms with Crippen LogP contribution in [0.4, 0.5) is 0 Å². The lowest BCUT2D eigenvalue weighted by molar-refractivity contribution is -0.144. The van der Waals surface area contributed by atoms with E-state index in [9.17, 15) is 9.59 Å². The van der Waals surface area contributed by atoms with Crippen molar-refractivity contribution < 1.29 is 14.3 Å². The molecule has 1 aromatic carbocycles. The molecule has 102 valence electrons. The van der Waals surface area contributed by atoms with Gasteiger partial charge in [0.05, 0.1) is 28.6 Å². The summed E-state index contributed by atoms with van der Waals surface area (Å²) in [4.78, 5) is 25.4. The molecular weight excluding hydrogens is 289 g/mol. The van der Waals surface area contributed by atoms with Crippen LogP contribution < -0.4 is 0 Å². The van der Waals surface area contributed by atoms with Gasteiger partial charge in [0.2, 0.25) is 0 Å². The average Bonchev–Trinajstić information content (AvgIpc) is 2.87. The van der Waals surface area contributed by atoms with Gasteiger partial charge in [0.1, 0.15) is 0 Å². The Kier molecular flexibility index (Phi) is 4.32. The highest BCUT2D eigenvalue weighted by atomic mass is 35.5. The molecule has 1 atom stereocenters. The second kappa shape index (κ2) is 5.80. The molecule has 1 saturated heterocycles. The number of ether oxygens (including phenoxy) is 1. The lowest BCUT2D eigenvalue weighted by Crippen LogP contribution is -2.30. The fraction of sp³-hybridized carbons (Fsp3) is 0.385. The number of nitrogens with zero attached hydrogens (tertiary/aromatic N) is 1. The van der Waals surface area contributed by atoms with Crippen molar-refractivity contribution in [3.05, 3.63) is 33.8 Å². The van der Waals surface area contributed by atoms with Crippen LogP contribution in [-0.2, 0) is 9.53 Å². The Hall–Kier alpha value is -1.26. The van der Waals surface area contributed by atoms with Crippen LogP contribution in [0.3, 0.4) is 0 Å². The predicted octanol–water partition coefficient (Wildman–Crippen LogP) is 2.63. The Morgan fingerprint density at radius 2 is 1.95 bits per heavy atom. The van der Waals surface area contributed by atoms with E-state index in [0.29, 0.717) is 29.6 Å². The summed E-state index contributed by atoms with van der Waals surface area (Å²) >= 11 is 12.0. The van der Waals surface area contributed by atoms with Crippen molar-refractivity contribution in [2.75, 3.05) is 20.2 Å². The standard InChI is InChI=1S/C13H13Cl2NO3/c1-19-13(18)8-5-6-16(7-8)12(17)11-9(14)3-2-4-10(11)15/h2-4,8H,5-7H2,1H3. The summed E-state index contributed by atoms with van der Waals surface area (Å²) in [5.74, 6) is -0.808. The molecule has 1 heterocycles. The molecule has 0 spiro atoms. The topological polar surface area (TPSA) is 46.6 Å². The highest BCUT2D eigenvalue weighted by molar-refractivity contribution is 6.39. The lowest BCUT2D eigenvalue weighted by atomic mass is 10.1. The van der Waals surface area contributed by atoms with Gasteiger partial charge in [0.15, 0.2) is 0 Å². The fourth-order valence-corrected chi connectivity index (χ4v) is 2.72. The van der Waals surface area contributed by atoms with Crippen LogP contribution in [0.1, 0.15) is 16.8 Å². The maximum absolute atomic E-state index is 12.4. The molecule has 19 heavy (non-hydrogen) atoms. The summed E-state index contributed by atoms with van der Waals surface area (Å²) in [6.45, 7) is 0.840. The van der Waals surface area contributed by atoms with E-state index in [-0.39, 0.29) is 23.4 Å². The maximum Gasteiger partial charge on any atom is 0.310 e. The number of likely N-dealkylation sites (tertiary alicyclic amines) is 1. The minimum atomic E-state index is -0.291. The molecule has 1 fully saturated rings. The highest BCUT2D eigenvalue weighted by Crippen LogP contribution is 2.28. The van der Waals surface area contributed by atoms with E-state index in [2.05, 4.69) is 4.74 Å². The average molecular weight is 302 g/mol. The number of methoxy groups -OCH3 is 1. The summed E-state index contributed by atoms with van der Waals surface area (Å²) in [5.41, 5.74) is 0.288. The van der Waals surface area contributed by atoms with Crippen LogP contribution in [0.15, 0.2) is 18.2 Å². The molecule has 0 bridgehead atoms. The second-order valence-corrected chi connectivity index (χ2v) is 5.17. The van der Waals surface area contributed by atoms with Gasteiger partial charge < -0.3 is 9.64 Å². The minimum absolute atomic E-state index is 0.248. The van der Waals surface area contributed by atoms with Gasteiger partial charge in [-0.25, -0.2) is 0 Å². The Balaban J connectivity index is 2.16. The summed E-state index contributed by atoms with van der Waals surface area (Å²) in [6, 6.07) is 4.92. The van der Waals surface area contributed by atoms with Crippen LogP contribution in [0.2, 0.25) is 10.0 Å². The van der Waals surface area contributed by atoms with Crippen LogP contribution in [0.5, 0.6) is 0 Å². The number of carbonyl (C=O) groups excluding carboxylic acids is 2. The van der Waals surface area contributed by atoms with E-state index < -0.39 is 0 Å². The predicted molar refractivity (Wildman–Crippen MR) is 72.5 cm³/mol. The Morgan fingerprint density at radius 3 is 2.53 bits per heavy atom. The third kappa shape index (κ3) is 2.85. The highest BCUT2D eigenvalue weighted by Gasteiger charge is 2.33. The Bertz CT molecular complexity index is 498. The second-order valence-electron chi connectivity index (χ2n) is 4.36. The number of rotatable bonds is 2. The summed E-state index contributed by atoms with van der Waals surface area (Å²) in [7, 11) is 1.34. The number of esters is 1. The Morgan fingerprint density at radius 1 is 1.32 bits per heavy atom. The molecule has 0 radical (unpaired) electrons. The molecule has 1 aliphatic rings. The largest absolute Gasteiger partial charge is 0.469 e. The van der Waals surface area contributed by atoms with E-state index in [1.54, 1.807) is 23.1 Å². The first-order valence-electron chi connectivity index (χ1n) is 5.85. The van der Waals surface area contributed by atoms with Crippen LogP contribution in [0, 0.1) is 5.92 Å². The first-order chi connectivity index (χ1) is 9.04. The summed E-state index contributed by atoms with van der Waals surface area (Å²) in [6.07, 6.45) is 0.598. The first kappa shape index (κ1) is 14.2. The zero-order valence-corrected chi connectivity index (χ0v) is 11.9. The molecule has 0 saturated carbocycles. The first-order valence-corrected chi connectivity index (χ1v) is 6.61. The SMILES string of the molecule is COC(=O)C1CCN(C(=O)c2c(Cl)cccc2Cl)C1. The maximum atomic E-state index is 12.4. The molecule has 0 aliphatic carbocycles. The van der Waals surface area contributed by atoms with E-state index >= 15 is 0 Å². The zero-order chi connectivity index (χ0) is 14.0. The van der Waals surface area contributed by atoms with Gasteiger partial charge in [-0.05, 0) is 18.6 Å². The molecule has 1 unspecified atom stereocenters. The van der Waals surface area contributed by atoms with Gasteiger partial charge in [-0.15, -0.1) is 0 Å². The third-order valence-electron chi connectivity index (χ3n) is 3.19. The van der Waals surface area contributed by atoms with Gasteiger partial charge >= 0.3 is 5.97 Å². The normalized spacial score (nSPS) is 18.5. The number of carbonyl (C=O) groups is 2. The summed E-state index contributed by atoms with van der Waals surface area (Å²) in [5, 5.41) is 0.637. The van der Waals surface area contributed by atoms with Crippen molar-refractivity contribution in [1.82, 2.24) is 4.90 Å². The summed E-state index contributed by atoms with van der Waals surface area (Å²) < 4.78 is 4.69. The van der Waals surface area contributed by atoms with E-state index in [1.807, 2.05) is 0 Å². The lowest BCUT2D eigenvalue weighted by Gasteiger charge is -2.17. The van der Waals surface area contributed by atoms with Crippen LogP contribution in [-0.4, -0.2) is 37.0 Å². The van der Waals surface area contributed by atoms with E-state index in [1.165, 1.54) is 7.11 Å². The van der Waals surface area contributed by atoms with Crippen molar-refractivity contribution in [1.29, 1.82) is 0 Å². The van der Waals surface area contributed by atoms with Gasteiger partial charge in [0.25, 0.3) is 5.91 Å². The molecule has 0 N–H and O–H groups in total. The number of halogens is 2. The minimum Gasteiger partial charge on any atom is -0.469 e. The van der Waals surface area contributed by atoms with Gasteiger partial charge in [-0.2, -0.15) is 0 Å². The van der Waals surface area contributed by atoms with E-state index in [0.717, 1.165) is 0 Å². The monoisotopic (exact) mass is 301 g/mol. The third-order valence-corrected chi connectivity index (χ3v) is 3.82. The van der Waals surface area contributed by atoms with Crippen molar-refractivity contribution in [2.45, 2.75) is 6.42 Å². The van der Waals surface area contributed by atoms with Crippen molar-refractivity contribution in [2.24, 2.45) is 5.92 Å². The molecule has 1 aliphatic heterocycles. The van der Waals surface area contributed by atoms with Crippen molar-refractivity contribution in [3.63, 3.8) is 0 Å². The number of hydrogen-bond acceptors (Lipinski definition) is 3. The number of benzene rings is 1. The van der Waals surface area contributed by atoms with Gasteiger partial charge in [0, 0.05) is 13.1 Å². The quantitative estimate of drug-likeness (QED) is 0.789. The molecule has 2 rings (SSSR count). The van der Waals surface area contributed by atoms with Crippen molar-refractivity contribution in [3.8, 4) is 0 Å². The molecular formula is C13H13Cl2NO3. The smallest absolute Gasteiger partial charge is 0.310 e. The zero-order valence-electron chi connectivity index (χ0n) is 10.4. The van der Waals surface area contributed by atoms with Gasteiger partial charge in [-0.1, -0.05) is 29.3 Å². The fourth-order valence-electron chi connectivity index (χ4n) is 2.16. The van der Waals surface area contributed by atoms with Crippen LogP contribution in [0.25, 0.3) is 0 Å².